The van der Waals surface area contributed by atoms with Gasteiger partial charge in [0.25, 0.3) is 0 Å². The molecule has 1 aliphatic heterocycles. The molecule has 2 heterocycles. The van der Waals surface area contributed by atoms with Crippen molar-refractivity contribution >= 4 is 12.2 Å². The van der Waals surface area contributed by atoms with Crippen molar-refractivity contribution in [1.29, 1.82) is 5.26 Å². The number of hydrogen-bond acceptors (Lipinski definition) is 6. The summed E-state index contributed by atoms with van der Waals surface area (Å²) in [4.78, 5) is 0. The smallest absolute Gasteiger partial charge is 0.164 e. The fourth-order valence-corrected chi connectivity index (χ4v) is 4.23. The molecule has 6 nitrogen and oxygen atoms in total. The Hall–Kier alpha value is -2.86. The van der Waals surface area contributed by atoms with Crippen LogP contribution in [0.5, 0.6) is 0 Å². The van der Waals surface area contributed by atoms with Crippen LogP contribution in [0.25, 0.3) is 22.4 Å². The van der Waals surface area contributed by atoms with Crippen molar-refractivity contribution in [2.75, 3.05) is 6.61 Å². The van der Waals surface area contributed by atoms with Gasteiger partial charge in [-0.2, -0.15) is 5.26 Å². The maximum Gasteiger partial charge on any atom is 0.164 e. The molecule has 3 N–H and O–H groups in total. The van der Waals surface area contributed by atoms with E-state index in [0.29, 0.717) is 11.3 Å². The zero-order chi connectivity index (χ0) is 22.1. The molecule has 2 aromatic carbocycles. The Morgan fingerprint density at radius 2 is 1.71 bits per heavy atom. The second kappa shape index (κ2) is 8.71. The SMILES string of the molecule is Cc1ccc(-c2cc(-c3ccccc3)c(C#N)c(=S)n2[C@@H]2O[C@H](CO)[C@@H](O)[C@H]2O)cc1. The van der Waals surface area contributed by atoms with Gasteiger partial charge in [-0.3, -0.25) is 0 Å². The summed E-state index contributed by atoms with van der Waals surface area (Å²) in [6.45, 7) is 1.53. The molecule has 0 radical (unpaired) electrons. The predicted octanol–water partition coefficient (Wildman–Crippen LogP) is 3.34. The maximum absolute atomic E-state index is 10.7. The van der Waals surface area contributed by atoms with Crippen LogP contribution in [0, 0.1) is 22.9 Å². The molecule has 0 aliphatic carbocycles. The van der Waals surface area contributed by atoms with Crippen molar-refractivity contribution in [2.24, 2.45) is 0 Å². The lowest BCUT2D eigenvalue weighted by atomic mass is 9.98. The van der Waals surface area contributed by atoms with Crippen LogP contribution in [0.2, 0.25) is 0 Å². The molecule has 0 unspecified atom stereocenters. The third-order valence-electron chi connectivity index (χ3n) is 5.56. The zero-order valence-electron chi connectivity index (χ0n) is 16.8. The number of hydrogen-bond donors (Lipinski definition) is 3. The standard InChI is InChI=1S/C24H22N2O4S/c1-14-7-9-16(10-8-14)19-11-17(15-5-3-2-4-6-15)18(12-25)24(31)26(19)23-22(29)21(28)20(13-27)30-23/h2-11,20-23,27-29H,13H2,1H3/t20-,21-,22-,23-/m1/s1. The molecule has 1 aliphatic rings. The highest BCUT2D eigenvalue weighted by Crippen LogP contribution is 2.37. The van der Waals surface area contributed by atoms with Gasteiger partial charge in [-0.25, -0.2) is 0 Å². The van der Waals surface area contributed by atoms with Crippen molar-refractivity contribution in [1.82, 2.24) is 4.57 Å². The quantitative estimate of drug-likeness (QED) is 0.545. The van der Waals surface area contributed by atoms with Gasteiger partial charge < -0.3 is 24.6 Å². The Labute approximate surface area is 185 Å². The number of aryl methyl sites for hydroxylation is 1. The molecular formula is C24H22N2O4S. The summed E-state index contributed by atoms with van der Waals surface area (Å²) in [7, 11) is 0. The van der Waals surface area contributed by atoms with E-state index in [-0.39, 0.29) is 10.2 Å². The fourth-order valence-electron chi connectivity index (χ4n) is 3.87. The van der Waals surface area contributed by atoms with Crippen LogP contribution in [0.3, 0.4) is 0 Å². The van der Waals surface area contributed by atoms with Gasteiger partial charge in [0.05, 0.1) is 17.9 Å². The number of pyridine rings is 1. The highest BCUT2D eigenvalue weighted by atomic mass is 32.1. The van der Waals surface area contributed by atoms with Gasteiger partial charge in [0.15, 0.2) is 6.23 Å². The van der Waals surface area contributed by atoms with Crippen molar-refractivity contribution in [2.45, 2.75) is 31.5 Å². The second-order valence-corrected chi connectivity index (χ2v) is 7.95. The van der Waals surface area contributed by atoms with E-state index in [1.165, 1.54) is 0 Å². The number of nitrogens with zero attached hydrogens (tertiary/aromatic N) is 2. The van der Waals surface area contributed by atoms with Crippen LogP contribution in [-0.2, 0) is 4.74 Å². The molecule has 4 atom stereocenters. The largest absolute Gasteiger partial charge is 0.394 e. The topological polar surface area (TPSA) is 98.6 Å². The van der Waals surface area contributed by atoms with E-state index in [1.54, 1.807) is 4.57 Å². The Balaban J connectivity index is 2.01. The summed E-state index contributed by atoms with van der Waals surface area (Å²) >= 11 is 5.70. The first kappa shape index (κ1) is 21.4. The summed E-state index contributed by atoms with van der Waals surface area (Å²) in [5, 5.41) is 40.4. The molecule has 7 heteroatoms. The number of aliphatic hydroxyl groups is 3. The Kier molecular flexibility index (Phi) is 6.01. The average molecular weight is 435 g/mol. The number of ether oxygens (including phenoxy) is 1. The van der Waals surface area contributed by atoms with E-state index >= 15 is 0 Å². The van der Waals surface area contributed by atoms with Crippen molar-refractivity contribution in [3.05, 3.63) is 76.4 Å². The van der Waals surface area contributed by atoms with Crippen molar-refractivity contribution < 1.29 is 20.1 Å². The van der Waals surface area contributed by atoms with Gasteiger partial charge in [-0.1, -0.05) is 72.4 Å². The number of nitriles is 1. The highest BCUT2D eigenvalue weighted by Gasteiger charge is 2.44. The molecule has 0 bridgehead atoms. The number of benzene rings is 2. The van der Waals surface area contributed by atoms with Crippen molar-refractivity contribution in [3.63, 3.8) is 0 Å². The molecule has 1 aromatic heterocycles. The van der Waals surface area contributed by atoms with Crippen LogP contribution < -0.4 is 0 Å². The first-order valence-electron chi connectivity index (χ1n) is 9.90. The summed E-state index contributed by atoms with van der Waals surface area (Å²) in [6.07, 6.45) is -4.59. The third-order valence-corrected chi connectivity index (χ3v) is 5.96. The van der Waals surface area contributed by atoms with Crippen LogP contribution in [0.1, 0.15) is 17.4 Å². The van der Waals surface area contributed by atoms with E-state index in [0.717, 1.165) is 16.7 Å². The zero-order valence-corrected chi connectivity index (χ0v) is 17.7. The third kappa shape index (κ3) is 3.81. The molecule has 0 saturated carbocycles. The molecule has 0 spiro atoms. The van der Waals surface area contributed by atoms with E-state index in [4.69, 9.17) is 17.0 Å². The summed E-state index contributed by atoms with van der Waals surface area (Å²) < 4.78 is 7.52. The van der Waals surface area contributed by atoms with Gasteiger partial charge in [0.1, 0.15) is 29.0 Å². The molecule has 3 aromatic rings. The van der Waals surface area contributed by atoms with E-state index in [9.17, 15) is 20.6 Å². The van der Waals surface area contributed by atoms with Gasteiger partial charge in [0, 0.05) is 5.56 Å². The Morgan fingerprint density at radius 1 is 1.03 bits per heavy atom. The minimum atomic E-state index is -1.32. The second-order valence-electron chi connectivity index (χ2n) is 7.57. The summed E-state index contributed by atoms with van der Waals surface area (Å²) in [6, 6.07) is 21.3. The molecule has 1 saturated heterocycles. The predicted molar refractivity (Wildman–Crippen MR) is 119 cm³/mol. The van der Waals surface area contributed by atoms with Crippen molar-refractivity contribution in [3.8, 4) is 28.5 Å². The molecule has 0 amide bonds. The molecule has 4 rings (SSSR count). The monoisotopic (exact) mass is 434 g/mol. The summed E-state index contributed by atoms with van der Waals surface area (Å²) in [5.41, 5.74) is 4.32. The van der Waals surface area contributed by atoms with Crippen LogP contribution >= 0.6 is 12.2 Å². The molecule has 31 heavy (non-hydrogen) atoms. The maximum atomic E-state index is 10.7. The first-order valence-corrected chi connectivity index (χ1v) is 10.3. The number of aromatic nitrogens is 1. The fraction of sp³-hybridized carbons (Fsp3) is 0.250. The number of rotatable bonds is 4. The Bertz CT molecular complexity index is 1190. The molecular weight excluding hydrogens is 412 g/mol. The van der Waals surface area contributed by atoms with Gasteiger partial charge in [-0.05, 0) is 24.1 Å². The minimum Gasteiger partial charge on any atom is -0.394 e. The van der Waals surface area contributed by atoms with Gasteiger partial charge in [-0.15, -0.1) is 0 Å². The lowest BCUT2D eigenvalue weighted by Gasteiger charge is -2.25. The van der Waals surface area contributed by atoms with E-state index in [1.807, 2.05) is 67.6 Å². The molecule has 1 fully saturated rings. The molecule has 158 valence electrons. The average Bonchev–Trinajstić information content (AvgIpc) is 3.08. The van der Waals surface area contributed by atoms with E-state index in [2.05, 4.69) is 6.07 Å². The number of aliphatic hydroxyl groups excluding tert-OH is 3. The summed E-state index contributed by atoms with van der Waals surface area (Å²) in [5.74, 6) is 0. The Morgan fingerprint density at radius 3 is 2.29 bits per heavy atom. The van der Waals surface area contributed by atoms with E-state index < -0.39 is 31.1 Å². The minimum absolute atomic E-state index is 0.189. The van der Waals surface area contributed by atoms with Gasteiger partial charge in [0.2, 0.25) is 0 Å². The van der Waals surface area contributed by atoms with Crippen LogP contribution in [-0.4, -0.2) is 44.8 Å². The normalized spacial score (nSPS) is 22.9. The lowest BCUT2D eigenvalue weighted by Crippen LogP contribution is -2.33. The lowest BCUT2D eigenvalue weighted by molar-refractivity contribution is -0.0527. The first-order chi connectivity index (χ1) is 15.0. The highest BCUT2D eigenvalue weighted by molar-refractivity contribution is 7.71. The van der Waals surface area contributed by atoms with Crippen LogP contribution in [0.15, 0.2) is 60.7 Å². The van der Waals surface area contributed by atoms with Crippen LogP contribution in [0.4, 0.5) is 0 Å². The van der Waals surface area contributed by atoms with Gasteiger partial charge >= 0.3 is 0 Å².